The first-order valence-electron chi connectivity index (χ1n) is 7.47. The number of ether oxygens (including phenoxy) is 2. The molecule has 24 heavy (non-hydrogen) atoms. The average molecular weight is 394 g/mol. The summed E-state index contributed by atoms with van der Waals surface area (Å²) in [6.45, 7) is 2.82. The number of halogens is 1. The predicted octanol–water partition coefficient (Wildman–Crippen LogP) is 3.52. The Morgan fingerprint density at radius 1 is 1.29 bits per heavy atom. The highest BCUT2D eigenvalue weighted by Crippen LogP contribution is 2.37. The zero-order chi connectivity index (χ0) is 17.5. The van der Waals surface area contributed by atoms with E-state index in [1.165, 1.54) is 5.56 Å². The van der Waals surface area contributed by atoms with Gasteiger partial charge in [0.05, 0.1) is 18.1 Å². The Kier molecular flexibility index (Phi) is 6.63. The lowest BCUT2D eigenvalue weighted by Crippen LogP contribution is -2.21. The highest BCUT2D eigenvalue weighted by Gasteiger charge is 2.12. The van der Waals surface area contributed by atoms with Crippen molar-refractivity contribution in [3.63, 3.8) is 0 Å². The van der Waals surface area contributed by atoms with Crippen LogP contribution in [0.2, 0.25) is 0 Å². The Morgan fingerprint density at radius 2 is 2.04 bits per heavy atom. The molecule has 6 heteroatoms. The first kappa shape index (κ1) is 18.3. The lowest BCUT2D eigenvalue weighted by atomic mass is 10.1. The summed E-state index contributed by atoms with van der Waals surface area (Å²) in [7, 11) is 1.58. The monoisotopic (exact) mass is 393 g/mol. The van der Waals surface area contributed by atoms with Crippen LogP contribution >= 0.6 is 15.9 Å². The van der Waals surface area contributed by atoms with Crippen molar-refractivity contribution in [3.8, 4) is 11.5 Å². The molecule has 0 aliphatic heterocycles. The van der Waals surface area contributed by atoms with E-state index < -0.39 is 5.97 Å². The highest BCUT2D eigenvalue weighted by atomic mass is 79.9. The zero-order valence-corrected chi connectivity index (χ0v) is 15.2. The number of carbonyl (C=O) groups is 1. The van der Waals surface area contributed by atoms with Gasteiger partial charge in [0, 0.05) is 6.54 Å². The molecule has 0 atom stereocenters. The molecule has 0 amide bonds. The molecule has 0 saturated carbocycles. The number of benzene rings is 2. The van der Waals surface area contributed by atoms with Gasteiger partial charge in [-0.15, -0.1) is 0 Å². The quantitative estimate of drug-likeness (QED) is 0.717. The number of hydrogen-bond donors (Lipinski definition) is 2. The summed E-state index contributed by atoms with van der Waals surface area (Å²) in [5, 5.41) is 11.5. The van der Waals surface area contributed by atoms with Gasteiger partial charge in [-0.1, -0.05) is 24.3 Å². The maximum atomic E-state index is 10.6. The third kappa shape index (κ3) is 4.97. The Labute approximate surface area is 149 Å². The fourth-order valence-corrected chi connectivity index (χ4v) is 2.85. The van der Waals surface area contributed by atoms with Crippen LogP contribution in [0.3, 0.4) is 0 Å². The van der Waals surface area contributed by atoms with Crippen LogP contribution in [0.25, 0.3) is 0 Å². The van der Waals surface area contributed by atoms with Gasteiger partial charge >= 0.3 is 5.97 Å². The van der Waals surface area contributed by atoms with E-state index in [9.17, 15) is 4.79 Å². The third-order valence-electron chi connectivity index (χ3n) is 3.53. The fourth-order valence-electron chi connectivity index (χ4n) is 2.25. The van der Waals surface area contributed by atoms with Crippen molar-refractivity contribution in [2.75, 3.05) is 13.7 Å². The van der Waals surface area contributed by atoms with Crippen molar-refractivity contribution in [3.05, 3.63) is 57.6 Å². The molecule has 0 fully saturated rings. The van der Waals surface area contributed by atoms with E-state index in [2.05, 4.69) is 21.2 Å². The Morgan fingerprint density at radius 3 is 2.71 bits per heavy atom. The van der Waals surface area contributed by atoms with Crippen LogP contribution in [0.5, 0.6) is 11.5 Å². The fraction of sp³-hybridized carbons (Fsp3) is 0.278. The van der Waals surface area contributed by atoms with Crippen LogP contribution in [-0.4, -0.2) is 24.7 Å². The average Bonchev–Trinajstić information content (AvgIpc) is 2.54. The van der Waals surface area contributed by atoms with Crippen molar-refractivity contribution in [2.24, 2.45) is 0 Å². The number of carboxylic acids is 1. The number of carboxylic acid groups (broad SMARTS) is 1. The van der Waals surface area contributed by atoms with Gasteiger partial charge in [0.15, 0.2) is 11.5 Å². The Bertz CT molecular complexity index is 718. The van der Waals surface area contributed by atoms with Crippen molar-refractivity contribution in [2.45, 2.75) is 20.1 Å². The molecule has 5 nitrogen and oxygen atoms in total. The van der Waals surface area contributed by atoms with E-state index in [1.54, 1.807) is 7.11 Å². The number of methoxy groups -OCH3 is 1. The van der Waals surface area contributed by atoms with Crippen LogP contribution in [-0.2, 0) is 17.9 Å². The van der Waals surface area contributed by atoms with Gasteiger partial charge in [-0.2, -0.15) is 0 Å². The molecule has 2 aromatic carbocycles. The van der Waals surface area contributed by atoms with Crippen LogP contribution in [0.4, 0.5) is 0 Å². The van der Waals surface area contributed by atoms with Gasteiger partial charge in [-0.3, -0.25) is 4.79 Å². The molecule has 0 bridgehead atoms. The Balaban J connectivity index is 2.12. The third-order valence-corrected chi connectivity index (χ3v) is 4.12. The maximum absolute atomic E-state index is 10.6. The molecule has 2 N–H and O–H groups in total. The van der Waals surface area contributed by atoms with Crippen LogP contribution in [0, 0.1) is 6.92 Å². The summed E-state index contributed by atoms with van der Waals surface area (Å²) in [6.07, 6.45) is 0. The summed E-state index contributed by atoms with van der Waals surface area (Å²) >= 11 is 3.50. The summed E-state index contributed by atoms with van der Waals surface area (Å²) in [5.74, 6) is 0.340. The number of nitrogens with one attached hydrogen (secondary N) is 1. The van der Waals surface area contributed by atoms with E-state index in [1.807, 2.05) is 43.3 Å². The first-order valence-corrected chi connectivity index (χ1v) is 8.26. The summed E-state index contributed by atoms with van der Waals surface area (Å²) in [4.78, 5) is 10.6. The number of aliphatic carboxylic acids is 1. The summed E-state index contributed by atoms with van der Waals surface area (Å²) in [6, 6.07) is 11.8. The van der Waals surface area contributed by atoms with Crippen molar-refractivity contribution < 1.29 is 19.4 Å². The second-order valence-electron chi connectivity index (χ2n) is 5.32. The van der Waals surface area contributed by atoms with Gasteiger partial charge in [0.2, 0.25) is 0 Å². The van der Waals surface area contributed by atoms with Gasteiger partial charge in [0.25, 0.3) is 0 Å². The molecule has 0 aliphatic carbocycles. The van der Waals surface area contributed by atoms with E-state index in [0.29, 0.717) is 24.7 Å². The van der Waals surface area contributed by atoms with Gasteiger partial charge in [0.1, 0.15) is 6.61 Å². The first-order chi connectivity index (χ1) is 11.5. The molecule has 0 saturated heterocycles. The molecule has 0 aromatic heterocycles. The number of hydrogen-bond acceptors (Lipinski definition) is 4. The predicted molar refractivity (Wildman–Crippen MR) is 95.5 cm³/mol. The minimum absolute atomic E-state index is 0.0918. The zero-order valence-electron chi connectivity index (χ0n) is 13.6. The molecule has 2 aromatic rings. The smallest absolute Gasteiger partial charge is 0.317 e. The van der Waals surface area contributed by atoms with Gasteiger partial charge < -0.3 is 19.9 Å². The topological polar surface area (TPSA) is 67.8 Å². The molecular weight excluding hydrogens is 374 g/mol. The van der Waals surface area contributed by atoms with Crippen molar-refractivity contribution in [1.82, 2.24) is 5.32 Å². The van der Waals surface area contributed by atoms with Gasteiger partial charge in [-0.25, -0.2) is 0 Å². The normalized spacial score (nSPS) is 10.5. The Hall–Kier alpha value is -2.05. The van der Waals surface area contributed by atoms with Gasteiger partial charge in [-0.05, 0) is 51.7 Å². The molecule has 0 spiro atoms. The maximum Gasteiger partial charge on any atom is 0.317 e. The lowest BCUT2D eigenvalue weighted by molar-refractivity contribution is -0.135. The number of rotatable bonds is 8. The molecular formula is C18H20BrNO4. The molecule has 2 rings (SSSR count). The summed E-state index contributed by atoms with van der Waals surface area (Å²) in [5.41, 5.74) is 3.18. The molecule has 128 valence electrons. The standard InChI is InChI=1S/C18H20BrNO4/c1-12-5-3-4-6-14(12)11-24-18-15(19)7-13(8-16(18)23-2)9-20-10-17(21)22/h3-8,20H,9-11H2,1-2H3,(H,21,22). The lowest BCUT2D eigenvalue weighted by Gasteiger charge is -2.15. The largest absolute Gasteiger partial charge is 0.493 e. The van der Waals surface area contributed by atoms with E-state index >= 15 is 0 Å². The second kappa shape index (κ2) is 8.70. The van der Waals surface area contributed by atoms with Crippen LogP contribution in [0.15, 0.2) is 40.9 Å². The molecule has 0 heterocycles. The second-order valence-corrected chi connectivity index (χ2v) is 6.18. The van der Waals surface area contributed by atoms with Crippen molar-refractivity contribution >= 4 is 21.9 Å². The minimum Gasteiger partial charge on any atom is -0.493 e. The molecule has 0 radical (unpaired) electrons. The molecule has 0 unspecified atom stereocenters. The SMILES string of the molecule is COc1cc(CNCC(=O)O)cc(Br)c1OCc1ccccc1C. The molecule has 0 aliphatic rings. The minimum atomic E-state index is -0.890. The van der Waals surface area contributed by atoms with Crippen LogP contribution < -0.4 is 14.8 Å². The van der Waals surface area contributed by atoms with Crippen LogP contribution in [0.1, 0.15) is 16.7 Å². The van der Waals surface area contributed by atoms with E-state index in [0.717, 1.165) is 15.6 Å². The van der Waals surface area contributed by atoms with E-state index in [4.69, 9.17) is 14.6 Å². The number of aryl methyl sites for hydroxylation is 1. The van der Waals surface area contributed by atoms with E-state index in [-0.39, 0.29) is 6.54 Å². The summed E-state index contributed by atoms with van der Waals surface area (Å²) < 4.78 is 12.1. The van der Waals surface area contributed by atoms with Crippen molar-refractivity contribution in [1.29, 1.82) is 0 Å². The highest BCUT2D eigenvalue weighted by molar-refractivity contribution is 9.10.